The lowest BCUT2D eigenvalue weighted by Crippen LogP contribution is -2.23. The molecule has 0 aromatic heterocycles. The maximum Gasteiger partial charge on any atom is 0.137 e. The zero-order valence-electron chi connectivity index (χ0n) is 12.1. The topological polar surface area (TPSA) is 12.0 Å². The van der Waals surface area contributed by atoms with Crippen molar-refractivity contribution in [2.75, 3.05) is 6.54 Å². The number of halogens is 3. The molecule has 0 aliphatic carbocycles. The van der Waals surface area contributed by atoms with Gasteiger partial charge in [0.15, 0.2) is 0 Å². The summed E-state index contributed by atoms with van der Waals surface area (Å²) < 4.78 is 27.0. The molecule has 0 radical (unpaired) electrons. The predicted molar refractivity (Wildman–Crippen MR) is 85.4 cm³/mol. The number of nitrogens with one attached hydrogen (secondary N) is 1. The smallest absolute Gasteiger partial charge is 0.137 e. The van der Waals surface area contributed by atoms with E-state index in [1.165, 1.54) is 12.1 Å². The molecule has 1 unspecified atom stereocenters. The maximum absolute atomic E-state index is 13.3. The molecule has 0 spiro atoms. The van der Waals surface area contributed by atoms with Gasteiger partial charge in [-0.05, 0) is 76.8 Å². The van der Waals surface area contributed by atoms with Crippen molar-refractivity contribution in [1.82, 2.24) is 5.32 Å². The van der Waals surface area contributed by atoms with Gasteiger partial charge in [-0.2, -0.15) is 0 Å². The third kappa shape index (κ3) is 4.11. The van der Waals surface area contributed by atoms with Gasteiger partial charge in [0, 0.05) is 6.04 Å². The third-order valence-corrected chi connectivity index (χ3v) is 4.09. The average molecular weight is 354 g/mol. The Bertz CT molecular complexity index is 628. The van der Waals surface area contributed by atoms with Crippen molar-refractivity contribution >= 4 is 15.9 Å². The van der Waals surface area contributed by atoms with Gasteiger partial charge < -0.3 is 5.32 Å². The van der Waals surface area contributed by atoms with Crippen LogP contribution in [0.15, 0.2) is 40.9 Å². The number of aryl methyl sites for hydroxylation is 1. The van der Waals surface area contributed by atoms with Crippen molar-refractivity contribution in [3.05, 3.63) is 69.2 Å². The van der Waals surface area contributed by atoms with Gasteiger partial charge in [-0.25, -0.2) is 8.78 Å². The number of hydrogen-bond acceptors (Lipinski definition) is 1. The largest absolute Gasteiger partial charge is 0.310 e. The number of hydrogen-bond donors (Lipinski definition) is 1. The molecule has 0 aliphatic heterocycles. The van der Waals surface area contributed by atoms with E-state index >= 15 is 0 Å². The van der Waals surface area contributed by atoms with Crippen LogP contribution in [0.5, 0.6) is 0 Å². The van der Waals surface area contributed by atoms with E-state index in [1.54, 1.807) is 18.2 Å². The van der Waals surface area contributed by atoms with Crippen molar-refractivity contribution in [2.45, 2.75) is 26.3 Å². The number of likely N-dealkylation sites (N-methyl/N-ethyl adjacent to an activating group) is 1. The first-order chi connectivity index (χ1) is 10.0. The van der Waals surface area contributed by atoms with Gasteiger partial charge in [-0.3, -0.25) is 0 Å². The molecule has 21 heavy (non-hydrogen) atoms. The lowest BCUT2D eigenvalue weighted by Gasteiger charge is -2.21. The van der Waals surface area contributed by atoms with Crippen LogP contribution in [-0.2, 0) is 6.42 Å². The fraction of sp³-hybridized carbons (Fsp3) is 0.294. The molecule has 0 saturated carbocycles. The Hall–Kier alpha value is -1.26. The first-order valence-corrected chi connectivity index (χ1v) is 7.74. The molecule has 0 aliphatic rings. The Morgan fingerprint density at radius 2 is 1.90 bits per heavy atom. The highest BCUT2D eigenvalue weighted by atomic mass is 79.9. The van der Waals surface area contributed by atoms with Crippen LogP contribution < -0.4 is 5.32 Å². The molecule has 112 valence electrons. The Balaban J connectivity index is 2.28. The van der Waals surface area contributed by atoms with Crippen LogP contribution in [0.3, 0.4) is 0 Å². The van der Waals surface area contributed by atoms with E-state index in [1.807, 2.05) is 19.9 Å². The Morgan fingerprint density at radius 3 is 2.52 bits per heavy atom. The van der Waals surface area contributed by atoms with Crippen LogP contribution in [0.2, 0.25) is 0 Å². The minimum absolute atomic E-state index is 0.0768. The summed E-state index contributed by atoms with van der Waals surface area (Å²) in [5.74, 6) is -0.493. The van der Waals surface area contributed by atoms with Crippen molar-refractivity contribution in [2.24, 2.45) is 0 Å². The van der Waals surface area contributed by atoms with Gasteiger partial charge in [0.1, 0.15) is 11.6 Å². The molecular formula is C17H18BrF2N. The molecule has 0 heterocycles. The van der Waals surface area contributed by atoms with E-state index in [9.17, 15) is 8.78 Å². The van der Waals surface area contributed by atoms with E-state index < -0.39 is 0 Å². The molecule has 2 aromatic carbocycles. The fourth-order valence-corrected chi connectivity index (χ4v) is 2.90. The van der Waals surface area contributed by atoms with Crippen LogP contribution in [0.1, 0.15) is 29.7 Å². The summed E-state index contributed by atoms with van der Waals surface area (Å²) in [5, 5.41) is 3.41. The van der Waals surface area contributed by atoms with Crippen molar-refractivity contribution in [3.63, 3.8) is 0 Å². The average Bonchev–Trinajstić information content (AvgIpc) is 2.42. The standard InChI is InChI=1S/C17H18BrF2N/c1-3-21-17(14-6-5-13(19)8-11(14)2)10-12-4-7-16(20)15(18)9-12/h4-9,17,21H,3,10H2,1-2H3. The summed E-state index contributed by atoms with van der Waals surface area (Å²) in [4.78, 5) is 0. The van der Waals surface area contributed by atoms with Crippen molar-refractivity contribution < 1.29 is 8.78 Å². The van der Waals surface area contributed by atoms with Crippen LogP contribution in [0.25, 0.3) is 0 Å². The highest BCUT2D eigenvalue weighted by molar-refractivity contribution is 9.10. The minimum atomic E-state index is -0.267. The Labute approximate surface area is 132 Å². The second kappa shape index (κ2) is 7.14. The molecule has 0 amide bonds. The van der Waals surface area contributed by atoms with Gasteiger partial charge in [-0.1, -0.05) is 19.1 Å². The lowest BCUT2D eigenvalue weighted by molar-refractivity contribution is 0.543. The summed E-state index contributed by atoms with van der Waals surface area (Å²) >= 11 is 3.21. The van der Waals surface area contributed by atoms with E-state index in [0.29, 0.717) is 4.47 Å². The van der Waals surface area contributed by atoms with E-state index in [0.717, 1.165) is 29.7 Å². The maximum atomic E-state index is 13.3. The molecule has 1 atom stereocenters. The fourth-order valence-electron chi connectivity index (χ4n) is 2.47. The highest BCUT2D eigenvalue weighted by Crippen LogP contribution is 2.25. The molecule has 4 heteroatoms. The summed E-state index contributed by atoms with van der Waals surface area (Å²) in [6, 6.07) is 9.94. The minimum Gasteiger partial charge on any atom is -0.310 e. The number of rotatable bonds is 5. The zero-order chi connectivity index (χ0) is 15.4. The van der Waals surface area contributed by atoms with Crippen LogP contribution in [0.4, 0.5) is 8.78 Å². The Kier molecular flexibility index (Phi) is 5.48. The first kappa shape index (κ1) is 16.1. The van der Waals surface area contributed by atoms with Crippen LogP contribution in [-0.4, -0.2) is 6.54 Å². The molecule has 1 nitrogen and oxygen atoms in total. The van der Waals surface area contributed by atoms with Crippen molar-refractivity contribution in [3.8, 4) is 0 Å². The van der Waals surface area contributed by atoms with Crippen LogP contribution in [0, 0.1) is 18.6 Å². The summed E-state index contributed by atoms with van der Waals surface area (Å²) in [7, 11) is 0. The predicted octanol–water partition coefficient (Wildman–Crippen LogP) is 4.93. The first-order valence-electron chi connectivity index (χ1n) is 6.94. The van der Waals surface area contributed by atoms with Gasteiger partial charge in [0.25, 0.3) is 0 Å². The SMILES string of the molecule is CCNC(Cc1ccc(F)c(Br)c1)c1ccc(F)cc1C. The van der Waals surface area contributed by atoms with E-state index in [-0.39, 0.29) is 17.7 Å². The van der Waals surface area contributed by atoms with Crippen molar-refractivity contribution in [1.29, 1.82) is 0 Å². The highest BCUT2D eigenvalue weighted by Gasteiger charge is 2.14. The van der Waals surface area contributed by atoms with Gasteiger partial charge in [-0.15, -0.1) is 0 Å². The summed E-state index contributed by atoms with van der Waals surface area (Å²) in [6.07, 6.45) is 0.721. The molecular weight excluding hydrogens is 336 g/mol. The number of benzene rings is 2. The van der Waals surface area contributed by atoms with Gasteiger partial charge in [0.05, 0.1) is 4.47 Å². The Morgan fingerprint density at radius 1 is 1.14 bits per heavy atom. The third-order valence-electron chi connectivity index (χ3n) is 3.48. The lowest BCUT2D eigenvalue weighted by atomic mass is 9.95. The second-order valence-electron chi connectivity index (χ2n) is 5.06. The molecule has 1 N–H and O–H groups in total. The summed E-state index contributed by atoms with van der Waals surface area (Å²) in [6.45, 7) is 4.75. The zero-order valence-corrected chi connectivity index (χ0v) is 13.7. The normalized spacial score (nSPS) is 12.4. The van der Waals surface area contributed by atoms with E-state index in [4.69, 9.17) is 0 Å². The van der Waals surface area contributed by atoms with Crippen LogP contribution >= 0.6 is 15.9 Å². The molecule has 0 saturated heterocycles. The van der Waals surface area contributed by atoms with Gasteiger partial charge in [0.2, 0.25) is 0 Å². The molecule has 2 aromatic rings. The quantitative estimate of drug-likeness (QED) is 0.803. The molecule has 0 bridgehead atoms. The summed E-state index contributed by atoms with van der Waals surface area (Å²) in [5.41, 5.74) is 3.01. The van der Waals surface area contributed by atoms with E-state index in [2.05, 4.69) is 21.2 Å². The second-order valence-corrected chi connectivity index (χ2v) is 5.92. The van der Waals surface area contributed by atoms with Gasteiger partial charge >= 0.3 is 0 Å². The molecule has 0 fully saturated rings. The molecule has 2 rings (SSSR count). The monoisotopic (exact) mass is 353 g/mol.